The van der Waals surface area contributed by atoms with E-state index in [0.29, 0.717) is 10.8 Å². The van der Waals surface area contributed by atoms with Gasteiger partial charge in [-0.25, -0.2) is 0 Å². The van der Waals surface area contributed by atoms with E-state index in [9.17, 15) is 0 Å². The molecule has 5 rings (SSSR count). The van der Waals surface area contributed by atoms with E-state index in [4.69, 9.17) is 5.73 Å². The van der Waals surface area contributed by atoms with Crippen LogP contribution in [0.3, 0.4) is 0 Å². The molecule has 4 bridgehead atoms. The highest BCUT2D eigenvalue weighted by Gasteiger charge is 2.55. The van der Waals surface area contributed by atoms with Gasteiger partial charge in [0, 0.05) is 6.04 Å². The van der Waals surface area contributed by atoms with Crippen LogP contribution in [0, 0.1) is 64.1 Å². The quantitative estimate of drug-likeness (QED) is 0.290. The number of nitrogens with zero attached hydrogens (tertiary/aromatic N) is 1. The van der Waals surface area contributed by atoms with Crippen LogP contribution in [-0.4, -0.2) is 43.7 Å². The van der Waals surface area contributed by atoms with Crippen LogP contribution in [0.5, 0.6) is 0 Å². The number of fused-ring (bicyclic) bond motifs is 4. The third-order valence-electron chi connectivity index (χ3n) is 13.3. The van der Waals surface area contributed by atoms with E-state index < -0.39 is 0 Å². The first-order valence-electron chi connectivity index (χ1n) is 16.7. The van der Waals surface area contributed by atoms with Crippen molar-refractivity contribution in [2.45, 2.75) is 118 Å². The van der Waals surface area contributed by atoms with Gasteiger partial charge in [-0.15, -0.1) is 0 Å². The summed E-state index contributed by atoms with van der Waals surface area (Å²) in [5, 5.41) is 4.22. The van der Waals surface area contributed by atoms with Crippen LogP contribution in [0.2, 0.25) is 0 Å². The van der Waals surface area contributed by atoms with Gasteiger partial charge in [-0.1, -0.05) is 41.5 Å². The molecule has 1 heterocycles. The third kappa shape index (κ3) is 6.00. The number of piperidine rings is 1. The predicted molar refractivity (Wildman–Crippen MR) is 158 cm³/mol. The molecule has 37 heavy (non-hydrogen) atoms. The maximum Gasteiger partial charge on any atom is 0.00673 e. The molecular formula is C34H63N3. The summed E-state index contributed by atoms with van der Waals surface area (Å²) in [7, 11) is 0. The number of nitrogens with two attached hydrogens (primary N) is 1. The number of rotatable bonds is 12. The molecule has 4 aliphatic carbocycles. The number of nitrogens with one attached hydrogen (secondary N) is 1. The zero-order valence-electron chi connectivity index (χ0n) is 25.6. The van der Waals surface area contributed by atoms with Crippen LogP contribution >= 0.6 is 0 Å². The SMILES string of the molecule is CC1C2CC(C1CCC(CCC1C(C)C3CC1C(C)(C)C3)NCC1CCN(CCCN)CC1)C(C)(C)C2. The Labute approximate surface area is 230 Å². The lowest BCUT2D eigenvalue weighted by Gasteiger charge is -2.41. The molecule has 0 spiro atoms. The van der Waals surface area contributed by atoms with E-state index >= 15 is 0 Å². The molecule has 8 atom stereocenters. The van der Waals surface area contributed by atoms with Gasteiger partial charge < -0.3 is 16.0 Å². The predicted octanol–water partition coefficient (Wildman–Crippen LogP) is 7.20. The van der Waals surface area contributed by atoms with E-state index in [1.54, 1.807) is 0 Å². The fourth-order valence-electron chi connectivity index (χ4n) is 11.0. The van der Waals surface area contributed by atoms with Crippen LogP contribution < -0.4 is 11.1 Å². The van der Waals surface area contributed by atoms with Crippen molar-refractivity contribution in [2.24, 2.45) is 69.8 Å². The average Bonchev–Trinajstić information content (AvgIpc) is 3.54. The summed E-state index contributed by atoms with van der Waals surface area (Å²) < 4.78 is 0. The van der Waals surface area contributed by atoms with Gasteiger partial charge in [0.15, 0.2) is 0 Å². The largest absolute Gasteiger partial charge is 0.330 e. The second-order valence-corrected chi connectivity index (χ2v) is 16.3. The summed E-state index contributed by atoms with van der Waals surface area (Å²) in [6.07, 6.45) is 15.7. The fourth-order valence-corrected chi connectivity index (χ4v) is 11.0. The van der Waals surface area contributed by atoms with Crippen molar-refractivity contribution in [3.8, 4) is 0 Å². The van der Waals surface area contributed by atoms with Crippen molar-refractivity contribution in [1.82, 2.24) is 10.2 Å². The van der Waals surface area contributed by atoms with Gasteiger partial charge in [0.25, 0.3) is 0 Å². The Morgan fingerprint density at radius 1 is 0.838 bits per heavy atom. The summed E-state index contributed by atoms with van der Waals surface area (Å²) in [4.78, 5) is 2.65. The summed E-state index contributed by atoms with van der Waals surface area (Å²) in [6, 6.07) is 0.735. The van der Waals surface area contributed by atoms with E-state index in [1.807, 2.05) is 0 Å². The minimum atomic E-state index is 0.590. The molecule has 5 fully saturated rings. The molecule has 0 aromatic carbocycles. The minimum Gasteiger partial charge on any atom is -0.330 e. The molecular weight excluding hydrogens is 450 g/mol. The fraction of sp³-hybridized carbons (Fsp3) is 1.00. The van der Waals surface area contributed by atoms with E-state index in [1.165, 1.54) is 90.4 Å². The van der Waals surface area contributed by atoms with Gasteiger partial charge >= 0.3 is 0 Å². The van der Waals surface area contributed by atoms with Gasteiger partial charge in [0.2, 0.25) is 0 Å². The maximum atomic E-state index is 5.75. The molecule has 1 saturated heterocycles. The van der Waals surface area contributed by atoms with Gasteiger partial charge in [0.1, 0.15) is 0 Å². The lowest BCUT2D eigenvalue weighted by Crippen LogP contribution is -2.41. The lowest BCUT2D eigenvalue weighted by molar-refractivity contribution is 0.0876. The lowest BCUT2D eigenvalue weighted by atomic mass is 9.65. The molecule has 4 saturated carbocycles. The second-order valence-electron chi connectivity index (χ2n) is 16.3. The number of hydrogen-bond acceptors (Lipinski definition) is 3. The van der Waals surface area contributed by atoms with Gasteiger partial charge in [-0.3, -0.25) is 0 Å². The second kappa shape index (κ2) is 11.4. The highest BCUT2D eigenvalue weighted by molar-refractivity contribution is 5.04. The topological polar surface area (TPSA) is 41.3 Å². The first-order valence-corrected chi connectivity index (χ1v) is 16.7. The average molecular weight is 514 g/mol. The molecule has 5 aliphatic rings. The first kappa shape index (κ1) is 28.4. The van der Waals surface area contributed by atoms with E-state index in [0.717, 1.165) is 72.3 Å². The summed E-state index contributed by atoms with van der Waals surface area (Å²) >= 11 is 0. The maximum absolute atomic E-state index is 5.75. The third-order valence-corrected chi connectivity index (χ3v) is 13.3. The van der Waals surface area contributed by atoms with Crippen molar-refractivity contribution in [1.29, 1.82) is 0 Å². The molecule has 1 aliphatic heterocycles. The summed E-state index contributed by atoms with van der Waals surface area (Å²) in [6.45, 7) is 21.4. The van der Waals surface area contributed by atoms with Crippen molar-refractivity contribution in [3.63, 3.8) is 0 Å². The normalized spacial score (nSPS) is 41.6. The van der Waals surface area contributed by atoms with Crippen LogP contribution in [0.1, 0.15) is 112 Å². The molecule has 0 amide bonds. The van der Waals surface area contributed by atoms with Gasteiger partial charge in [-0.2, -0.15) is 0 Å². The molecule has 3 nitrogen and oxygen atoms in total. The highest BCUT2D eigenvalue weighted by Crippen LogP contribution is 2.63. The van der Waals surface area contributed by atoms with Crippen LogP contribution in [-0.2, 0) is 0 Å². The Kier molecular flexibility index (Phi) is 8.75. The molecule has 214 valence electrons. The van der Waals surface area contributed by atoms with Crippen molar-refractivity contribution in [2.75, 3.05) is 32.7 Å². The van der Waals surface area contributed by atoms with Crippen molar-refractivity contribution < 1.29 is 0 Å². The molecule has 3 heteroatoms. The zero-order chi connectivity index (χ0) is 26.4. The van der Waals surface area contributed by atoms with E-state index in [-0.39, 0.29) is 0 Å². The van der Waals surface area contributed by atoms with Crippen LogP contribution in [0.4, 0.5) is 0 Å². The van der Waals surface area contributed by atoms with Crippen LogP contribution in [0.15, 0.2) is 0 Å². The molecule has 0 aromatic rings. The zero-order valence-corrected chi connectivity index (χ0v) is 25.6. The Morgan fingerprint density at radius 2 is 1.35 bits per heavy atom. The molecule has 0 radical (unpaired) electrons. The monoisotopic (exact) mass is 514 g/mol. The Morgan fingerprint density at radius 3 is 1.81 bits per heavy atom. The smallest absolute Gasteiger partial charge is 0.00673 e. The Balaban J connectivity index is 1.16. The van der Waals surface area contributed by atoms with Gasteiger partial charge in [0.05, 0.1) is 0 Å². The molecule has 3 N–H and O–H groups in total. The van der Waals surface area contributed by atoms with Crippen LogP contribution in [0.25, 0.3) is 0 Å². The number of likely N-dealkylation sites (tertiary alicyclic amines) is 1. The molecule has 8 unspecified atom stereocenters. The summed E-state index contributed by atoms with van der Waals surface area (Å²) in [5.74, 6) is 8.74. The summed E-state index contributed by atoms with van der Waals surface area (Å²) in [5.41, 5.74) is 6.93. The first-order chi connectivity index (χ1) is 17.6. The standard InChI is InChI=1S/C34H63N3/c1-23-26-18-31(33(3,4)20-26)29(23)10-8-28(36-22-25-12-16-37(17-13-25)15-7-14-35)9-11-30-24(2)27-19-32(30)34(5,6)21-27/h23-32,36H,7-22,35H2,1-6H3. The van der Waals surface area contributed by atoms with E-state index in [2.05, 4.69) is 51.8 Å². The van der Waals surface area contributed by atoms with Gasteiger partial charge in [-0.05, 0) is 167 Å². The van der Waals surface area contributed by atoms with Crippen molar-refractivity contribution >= 4 is 0 Å². The Hall–Kier alpha value is -0.120. The number of hydrogen-bond donors (Lipinski definition) is 2. The minimum absolute atomic E-state index is 0.590. The molecule has 0 aromatic heterocycles. The highest BCUT2D eigenvalue weighted by atomic mass is 15.1. The van der Waals surface area contributed by atoms with Crippen molar-refractivity contribution in [3.05, 3.63) is 0 Å². The Bertz CT molecular complexity index is 691.